The number of hydrogen-bond acceptors (Lipinski definition) is 2. The predicted octanol–water partition coefficient (Wildman–Crippen LogP) is 3.01. The average molecular weight is 264 g/mol. The molecule has 0 aliphatic carbocycles. The van der Waals surface area contributed by atoms with Crippen LogP contribution in [0.5, 0.6) is 0 Å². The lowest BCUT2D eigenvalue weighted by Crippen LogP contribution is -2.30. The number of halogens is 1. The summed E-state index contributed by atoms with van der Waals surface area (Å²) in [5, 5.41) is 2.20. The molecule has 0 bridgehead atoms. The third-order valence-corrected chi connectivity index (χ3v) is 3.66. The maximum atomic E-state index is 12.4. The molecule has 4 heteroatoms. The number of rotatable bonds is 1. The van der Waals surface area contributed by atoms with Gasteiger partial charge >= 0.3 is 0 Å². The Balaban J connectivity index is 2.13. The SMILES string of the molecule is O=c1c2cc(Cl)ccc2ccn1C1CCCOC1. The highest BCUT2D eigenvalue weighted by Crippen LogP contribution is 2.20. The molecule has 1 aliphatic heterocycles. The van der Waals surface area contributed by atoms with Gasteiger partial charge in [0.1, 0.15) is 0 Å². The lowest BCUT2D eigenvalue weighted by molar-refractivity contribution is 0.0582. The Labute approximate surface area is 110 Å². The molecule has 94 valence electrons. The van der Waals surface area contributed by atoms with Crippen LogP contribution in [0.15, 0.2) is 35.3 Å². The van der Waals surface area contributed by atoms with Crippen LogP contribution in [0, 0.1) is 0 Å². The molecule has 1 saturated heterocycles. The second-order valence-corrected chi connectivity index (χ2v) is 5.07. The first kappa shape index (κ1) is 11.8. The van der Waals surface area contributed by atoms with E-state index < -0.39 is 0 Å². The Morgan fingerprint density at radius 1 is 1.33 bits per heavy atom. The van der Waals surface area contributed by atoms with Crippen molar-refractivity contribution in [2.24, 2.45) is 0 Å². The van der Waals surface area contributed by atoms with Crippen molar-refractivity contribution in [2.75, 3.05) is 13.2 Å². The van der Waals surface area contributed by atoms with Crippen molar-refractivity contribution in [3.05, 3.63) is 45.8 Å². The van der Waals surface area contributed by atoms with Gasteiger partial charge in [-0.15, -0.1) is 0 Å². The Morgan fingerprint density at radius 2 is 2.22 bits per heavy atom. The largest absolute Gasteiger partial charge is 0.379 e. The van der Waals surface area contributed by atoms with Gasteiger partial charge in [-0.1, -0.05) is 17.7 Å². The molecule has 3 nitrogen and oxygen atoms in total. The molecular formula is C14H14ClNO2. The smallest absolute Gasteiger partial charge is 0.258 e. The summed E-state index contributed by atoms with van der Waals surface area (Å²) in [5.41, 5.74) is 0.0190. The molecule has 0 saturated carbocycles. The van der Waals surface area contributed by atoms with E-state index in [1.54, 1.807) is 16.7 Å². The molecule has 3 rings (SSSR count). The van der Waals surface area contributed by atoms with Crippen molar-refractivity contribution in [3.63, 3.8) is 0 Å². The van der Waals surface area contributed by atoms with Gasteiger partial charge in [-0.3, -0.25) is 4.79 Å². The van der Waals surface area contributed by atoms with Crippen LogP contribution in [0.25, 0.3) is 10.8 Å². The molecule has 1 fully saturated rings. The molecule has 0 radical (unpaired) electrons. The van der Waals surface area contributed by atoms with E-state index in [1.165, 1.54) is 0 Å². The number of benzene rings is 1. The molecule has 2 aromatic rings. The number of hydrogen-bond donors (Lipinski definition) is 0. The van der Waals surface area contributed by atoms with E-state index in [0.29, 0.717) is 17.0 Å². The second kappa shape index (κ2) is 4.75. The molecule has 0 spiro atoms. The van der Waals surface area contributed by atoms with Crippen molar-refractivity contribution in [3.8, 4) is 0 Å². The third kappa shape index (κ3) is 2.04. The van der Waals surface area contributed by atoms with Gasteiger partial charge in [-0.05, 0) is 36.4 Å². The van der Waals surface area contributed by atoms with E-state index in [9.17, 15) is 4.79 Å². The van der Waals surface area contributed by atoms with Crippen LogP contribution < -0.4 is 5.56 Å². The Bertz CT molecular complexity index is 629. The minimum absolute atomic E-state index is 0.0190. The monoisotopic (exact) mass is 263 g/mol. The van der Waals surface area contributed by atoms with Crippen LogP contribution in [0.1, 0.15) is 18.9 Å². The summed E-state index contributed by atoms with van der Waals surface area (Å²) >= 11 is 5.96. The van der Waals surface area contributed by atoms with E-state index in [2.05, 4.69) is 0 Å². The van der Waals surface area contributed by atoms with Gasteiger partial charge in [0.15, 0.2) is 0 Å². The normalized spacial score (nSPS) is 20.2. The predicted molar refractivity (Wildman–Crippen MR) is 72.3 cm³/mol. The number of nitrogens with zero attached hydrogens (tertiary/aromatic N) is 1. The maximum absolute atomic E-state index is 12.4. The summed E-state index contributed by atoms with van der Waals surface area (Å²) < 4.78 is 7.22. The summed E-state index contributed by atoms with van der Waals surface area (Å²) in [4.78, 5) is 12.4. The first-order chi connectivity index (χ1) is 8.75. The van der Waals surface area contributed by atoms with Crippen molar-refractivity contribution in [1.82, 2.24) is 4.57 Å². The van der Waals surface area contributed by atoms with Gasteiger partial charge < -0.3 is 9.30 Å². The Hall–Kier alpha value is -1.32. The van der Waals surface area contributed by atoms with Crippen molar-refractivity contribution < 1.29 is 4.74 Å². The number of ether oxygens (including phenoxy) is 1. The van der Waals surface area contributed by atoms with Gasteiger partial charge in [-0.2, -0.15) is 0 Å². The molecule has 18 heavy (non-hydrogen) atoms. The van der Waals surface area contributed by atoms with Gasteiger partial charge in [0.25, 0.3) is 5.56 Å². The fourth-order valence-electron chi connectivity index (χ4n) is 2.46. The molecule has 2 heterocycles. The lowest BCUT2D eigenvalue weighted by atomic mass is 10.1. The molecule has 0 N–H and O–H groups in total. The van der Waals surface area contributed by atoms with Crippen LogP contribution in [-0.2, 0) is 4.74 Å². The van der Waals surface area contributed by atoms with E-state index in [-0.39, 0.29) is 11.6 Å². The van der Waals surface area contributed by atoms with Gasteiger partial charge in [-0.25, -0.2) is 0 Å². The molecule has 1 aromatic carbocycles. The number of pyridine rings is 1. The number of fused-ring (bicyclic) bond motifs is 1. The van der Waals surface area contributed by atoms with Gasteiger partial charge in [0.05, 0.1) is 12.6 Å². The average Bonchev–Trinajstić information content (AvgIpc) is 2.41. The molecule has 1 aromatic heterocycles. The quantitative estimate of drug-likeness (QED) is 0.792. The lowest BCUT2D eigenvalue weighted by Gasteiger charge is -2.24. The molecule has 0 amide bonds. The molecular weight excluding hydrogens is 250 g/mol. The highest BCUT2D eigenvalue weighted by atomic mass is 35.5. The van der Waals surface area contributed by atoms with E-state index in [0.717, 1.165) is 24.8 Å². The summed E-state index contributed by atoms with van der Waals surface area (Å²) in [5.74, 6) is 0. The van der Waals surface area contributed by atoms with Crippen molar-refractivity contribution >= 4 is 22.4 Å². The van der Waals surface area contributed by atoms with E-state index in [4.69, 9.17) is 16.3 Å². The standard InChI is InChI=1S/C14H14ClNO2/c15-11-4-3-10-5-6-16(14(17)13(10)8-11)12-2-1-7-18-9-12/h3-6,8,12H,1-2,7,9H2. The minimum Gasteiger partial charge on any atom is -0.379 e. The second-order valence-electron chi connectivity index (χ2n) is 4.63. The number of aromatic nitrogens is 1. The fourth-order valence-corrected chi connectivity index (χ4v) is 2.63. The molecule has 1 aliphatic rings. The van der Waals surface area contributed by atoms with Crippen molar-refractivity contribution in [2.45, 2.75) is 18.9 Å². The van der Waals surface area contributed by atoms with Crippen LogP contribution in [0.2, 0.25) is 5.02 Å². The minimum atomic E-state index is 0.0190. The zero-order chi connectivity index (χ0) is 12.5. The topological polar surface area (TPSA) is 31.2 Å². The van der Waals surface area contributed by atoms with Crippen LogP contribution in [0.3, 0.4) is 0 Å². The fraction of sp³-hybridized carbons (Fsp3) is 0.357. The first-order valence-electron chi connectivity index (χ1n) is 6.14. The summed E-state index contributed by atoms with van der Waals surface area (Å²) in [6.45, 7) is 1.41. The van der Waals surface area contributed by atoms with Gasteiger partial charge in [0.2, 0.25) is 0 Å². The van der Waals surface area contributed by atoms with E-state index >= 15 is 0 Å². The zero-order valence-corrected chi connectivity index (χ0v) is 10.7. The molecule has 1 unspecified atom stereocenters. The van der Waals surface area contributed by atoms with Crippen molar-refractivity contribution in [1.29, 1.82) is 0 Å². The highest BCUT2D eigenvalue weighted by molar-refractivity contribution is 6.31. The van der Waals surface area contributed by atoms with E-state index in [1.807, 2.05) is 18.3 Å². The van der Waals surface area contributed by atoms with Crippen LogP contribution in [-0.4, -0.2) is 17.8 Å². The maximum Gasteiger partial charge on any atom is 0.258 e. The zero-order valence-electron chi connectivity index (χ0n) is 9.93. The highest BCUT2D eigenvalue weighted by Gasteiger charge is 2.17. The summed E-state index contributed by atoms with van der Waals surface area (Å²) in [6.07, 6.45) is 3.86. The van der Waals surface area contributed by atoms with Gasteiger partial charge in [0, 0.05) is 23.2 Å². The summed E-state index contributed by atoms with van der Waals surface area (Å²) in [6, 6.07) is 7.52. The van der Waals surface area contributed by atoms with Crippen LogP contribution >= 0.6 is 11.6 Å². The Morgan fingerprint density at radius 3 is 3.00 bits per heavy atom. The first-order valence-corrected chi connectivity index (χ1v) is 6.51. The third-order valence-electron chi connectivity index (χ3n) is 3.42. The summed E-state index contributed by atoms with van der Waals surface area (Å²) in [7, 11) is 0. The molecule has 1 atom stereocenters. The Kier molecular flexibility index (Phi) is 3.10. The van der Waals surface area contributed by atoms with Crippen LogP contribution in [0.4, 0.5) is 0 Å².